The van der Waals surface area contributed by atoms with Gasteiger partial charge in [-0.1, -0.05) is 37.3 Å². The van der Waals surface area contributed by atoms with Gasteiger partial charge < -0.3 is 5.32 Å². The maximum atomic E-state index is 12.5. The van der Waals surface area contributed by atoms with Crippen LogP contribution < -0.4 is 10.0 Å². The third-order valence-corrected chi connectivity index (χ3v) is 6.17. The van der Waals surface area contributed by atoms with Crippen LogP contribution in [0.25, 0.3) is 0 Å². The molecule has 140 valence electrons. The first-order valence-corrected chi connectivity index (χ1v) is 10.7. The molecular weight excluding hydrogens is 382 g/mol. The van der Waals surface area contributed by atoms with Gasteiger partial charge in [0.15, 0.2) is 5.13 Å². The second-order valence-corrected chi connectivity index (χ2v) is 8.39. The van der Waals surface area contributed by atoms with Gasteiger partial charge in [-0.05, 0) is 36.2 Å². The average molecular weight is 402 g/mol. The summed E-state index contributed by atoms with van der Waals surface area (Å²) in [4.78, 5) is 16.5. The Labute approximate surface area is 162 Å². The Hall–Kier alpha value is -2.71. The van der Waals surface area contributed by atoms with Crippen molar-refractivity contribution in [3.05, 3.63) is 77.3 Å². The van der Waals surface area contributed by atoms with Crippen LogP contribution in [0, 0.1) is 0 Å². The highest BCUT2D eigenvalue weighted by molar-refractivity contribution is 7.93. The normalized spacial score (nSPS) is 12.3. The van der Waals surface area contributed by atoms with Crippen molar-refractivity contribution >= 4 is 32.4 Å². The third-order valence-electron chi connectivity index (χ3n) is 4.00. The molecule has 0 radical (unpaired) electrons. The lowest BCUT2D eigenvalue weighted by atomic mass is 10.0. The van der Waals surface area contributed by atoms with Crippen molar-refractivity contribution in [3.63, 3.8) is 0 Å². The molecule has 2 aromatic carbocycles. The second kappa shape index (κ2) is 8.32. The fraction of sp³-hybridized carbons (Fsp3) is 0.158. The van der Waals surface area contributed by atoms with Gasteiger partial charge in [0.2, 0.25) is 0 Å². The van der Waals surface area contributed by atoms with Crippen molar-refractivity contribution < 1.29 is 13.2 Å². The summed E-state index contributed by atoms with van der Waals surface area (Å²) in [5.74, 6) is -0.248. The van der Waals surface area contributed by atoms with Gasteiger partial charge in [-0.3, -0.25) is 9.52 Å². The molecule has 0 aliphatic heterocycles. The summed E-state index contributed by atoms with van der Waals surface area (Å²) >= 11 is 1.19. The molecule has 0 unspecified atom stereocenters. The molecule has 0 aliphatic carbocycles. The molecule has 1 aromatic heterocycles. The number of sulfonamides is 1. The predicted octanol–water partition coefficient (Wildman–Crippen LogP) is 3.83. The minimum absolute atomic E-state index is 0.0735. The number of nitrogens with zero attached hydrogens (tertiary/aromatic N) is 1. The summed E-state index contributed by atoms with van der Waals surface area (Å²) in [6, 6.07) is 15.4. The van der Waals surface area contributed by atoms with E-state index in [0.29, 0.717) is 10.7 Å². The van der Waals surface area contributed by atoms with E-state index in [-0.39, 0.29) is 16.8 Å². The van der Waals surface area contributed by atoms with Gasteiger partial charge in [-0.15, -0.1) is 11.3 Å². The highest BCUT2D eigenvalue weighted by atomic mass is 32.2. The van der Waals surface area contributed by atoms with Gasteiger partial charge in [0, 0.05) is 17.1 Å². The van der Waals surface area contributed by atoms with Gasteiger partial charge in [0.05, 0.1) is 10.9 Å². The summed E-state index contributed by atoms with van der Waals surface area (Å²) in [6.45, 7) is 2.00. The first-order valence-electron chi connectivity index (χ1n) is 8.38. The number of anilines is 1. The number of aromatic nitrogens is 1. The first kappa shape index (κ1) is 19.1. The molecule has 8 heteroatoms. The molecule has 0 saturated heterocycles. The van der Waals surface area contributed by atoms with Crippen LogP contribution in [0.2, 0.25) is 0 Å². The summed E-state index contributed by atoms with van der Waals surface area (Å²) in [6.07, 6.45) is 2.27. The van der Waals surface area contributed by atoms with Crippen LogP contribution >= 0.6 is 11.3 Å². The summed E-state index contributed by atoms with van der Waals surface area (Å²) in [5.41, 5.74) is 1.43. The second-order valence-electron chi connectivity index (χ2n) is 5.81. The quantitative estimate of drug-likeness (QED) is 0.630. The van der Waals surface area contributed by atoms with E-state index in [0.717, 1.165) is 12.0 Å². The lowest BCUT2D eigenvalue weighted by Crippen LogP contribution is -2.28. The number of rotatable bonds is 7. The van der Waals surface area contributed by atoms with Crippen LogP contribution in [0.1, 0.15) is 35.3 Å². The van der Waals surface area contributed by atoms with Crippen LogP contribution in [-0.2, 0) is 10.0 Å². The summed E-state index contributed by atoms with van der Waals surface area (Å²) in [5, 5.41) is 4.96. The molecule has 0 aliphatic rings. The maximum Gasteiger partial charge on any atom is 0.263 e. The van der Waals surface area contributed by atoms with E-state index in [1.54, 1.807) is 5.38 Å². The Kier molecular flexibility index (Phi) is 5.88. The number of hydrogen-bond donors (Lipinski definition) is 2. The van der Waals surface area contributed by atoms with E-state index in [1.807, 2.05) is 37.3 Å². The fourth-order valence-electron chi connectivity index (χ4n) is 2.58. The van der Waals surface area contributed by atoms with Crippen LogP contribution in [-0.4, -0.2) is 19.3 Å². The van der Waals surface area contributed by atoms with Crippen molar-refractivity contribution in [2.75, 3.05) is 4.72 Å². The molecule has 27 heavy (non-hydrogen) atoms. The Morgan fingerprint density at radius 1 is 1.11 bits per heavy atom. The predicted molar refractivity (Wildman–Crippen MR) is 106 cm³/mol. The minimum atomic E-state index is -3.73. The van der Waals surface area contributed by atoms with E-state index < -0.39 is 10.0 Å². The Morgan fingerprint density at radius 3 is 2.41 bits per heavy atom. The Morgan fingerprint density at radius 2 is 1.81 bits per heavy atom. The zero-order valence-corrected chi connectivity index (χ0v) is 16.3. The summed E-state index contributed by atoms with van der Waals surface area (Å²) < 4.78 is 27.1. The number of thiazole rings is 1. The zero-order valence-electron chi connectivity index (χ0n) is 14.6. The SMILES string of the molecule is CC[C@@H](NC(=O)c1ccc(S(=O)(=O)Nc2nccs2)cc1)c1ccccc1. The number of carbonyl (C=O) groups excluding carboxylic acids is 1. The number of hydrogen-bond acceptors (Lipinski definition) is 5. The van der Waals surface area contributed by atoms with Crippen molar-refractivity contribution in [1.82, 2.24) is 10.3 Å². The highest BCUT2D eigenvalue weighted by Gasteiger charge is 2.18. The number of nitrogens with one attached hydrogen (secondary N) is 2. The first-order chi connectivity index (χ1) is 13.0. The van der Waals surface area contributed by atoms with E-state index in [4.69, 9.17) is 0 Å². The van der Waals surface area contributed by atoms with Gasteiger partial charge in [-0.2, -0.15) is 0 Å². The van der Waals surface area contributed by atoms with Crippen LogP contribution in [0.5, 0.6) is 0 Å². The van der Waals surface area contributed by atoms with Crippen LogP contribution in [0.15, 0.2) is 71.1 Å². The topological polar surface area (TPSA) is 88.2 Å². The lowest BCUT2D eigenvalue weighted by Gasteiger charge is -2.17. The molecule has 0 fully saturated rings. The van der Waals surface area contributed by atoms with Crippen LogP contribution in [0.3, 0.4) is 0 Å². The van der Waals surface area contributed by atoms with E-state index in [2.05, 4.69) is 15.0 Å². The average Bonchev–Trinajstić information content (AvgIpc) is 3.19. The van der Waals surface area contributed by atoms with Gasteiger partial charge in [0.25, 0.3) is 15.9 Å². The molecule has 3 rings (SSSR count). The zero-order chi connectivity index (χ0) is 19.3. The Bertz CT molecular complexity index is 986. The molecule has 6 nitrogen and oxygen atoms in total. The van der Waals surface area contributed by atoms with E-state index in [1.165, 1.54) is 41.8 Å². The molecule has 0 bridgehead atoms. The van der Waals surface area contributed by atoms with Crippen LogP contribution in [0.4, 0.5) is 5.13 Å². The van der Waals surface area contributed by atoms with Gasteiger partial charge >= 0.3 is 0 Å². The molecule has 1 atom stereocenters. The molecule has 0 spiro atoms. The minimum Gasteiger partial charge on any atom is -0.345 e. The van der Waals surface area contributed by atoms with Gasteiger partial charge in [-0.25, -0.2) is 13.4 Å². The molecule has 1 amide bonds. The molecule has 2 N–H and O–H groups in total. The summed E-state index contributed by atoms with van der Waals surface area (Å²) in [7, 11) is -3.73. The molecule has 0 saturated carbocycles. The Balaban J connectivity index is 1.72. The van der Waals surface area contributed by atoms with E-state index in [9.17, 15) is 13.2 Å². The highest BCUT2D eigenvalue weighted by Crippen LogP contribution is 2.20. The van der Waals surface area contributed by atoms with E-state index >= 15 is 0 Å². The smallest absolute Gasteiger partial charge is 0.263 e. The van der Waals surface area contributed by atoms with Crippen molar-refractivity contribution in [3.8, 4) is 0 Å². The maximum absolute atomic E-state index is 12.5. The number of amides is 1. The lowest BCUT2D eigenvalue weighted by molar-refractivity contribution is 0.0935. The van der Waals surface area contributed by atoms with Gasteiger partial charge in [0.1, 0.15) is 0 Å². The van der Waals surface area contributed by atoms with Crippen molar-refractivity contribution in [2.45, 2.75) is 24.3 Å². The number of benzene rings is 2. The standard InChI is InChI=1S/C19H19N3O3S2/c1-2-17(14-6-4-3-5-7-14)21-18(23)15-8-10-16(11-9-15)27(24,25)22-19-20-12-13-26-19/h3-13,17H,2H2,1H3,(H,20,22)(H,21,23)/t17-/m1/s1. The number of carbonyl (C=O) groups is 1. The largest absolute Gasteiger partial charge is 0.345 e. The van der Waals surface area contributed by atoms with Crippen molar-refractivity contribution in [1.29, 1.82) is 0 Å². The molecule has 1 heterocycles. The van der Waals surface area contributed by atoms with Crippen molar-refractivity contribution in [2.24, 2.45) is 0 Å². The molecule has 3 aromatic rings. The molecular formula is C19H19N3O3S2. The fourth-order valence-corrected chi connectivity index (χ4v) is 4.37. The third kappa shape index (κ3) is 4.72. The monoisotopic (exact) mass is 401 g/mol.